The first-order valence-corrected chi connectivity index (χ1v) is 12.0. The van der Waals surface area contributed by atoms with Crippen molar-refractivity contribution < 1.29 is 23.7 Å². The van der Waals surface area contributed by atoms with Gasteiger partial charge in [-0.15, -0.1) is 0 Å². The fourth-order valence-electron chi connectivity index (χ4n) is 3.65. The van der Waals surface area contributed by atoms with Gasteiger partial charge in [0, 0.05) is 33.1 Å². The van der Waals surface area contributed by atoms with E-state index in [-0.39, 0.29) is 11.4 Å². The molecule has 0 aromatic carbocycles. The zero-order chi connectivity index (χ0) is 25.2. The molecule has 0 atom stereocenters. The van der Waals surface area contributed by atoms with Gasteiger partial charge in [-0.05, 0) is 77.8 Å². The van der Waals surface area contributed by atoms with Crippen molar-refractivity contribution in [2.45, 2.75) is 83.8 Å². The van der Waals surface area contributed by atoms with Gasteiger partial charge in [-0.1, -0.05) is 5.92 Å². The Morgan fingerprint density at radius 1 is 1.26 bits per heavy atom. The molecule has 1 saturated carbocycles. The first-order valence-electron chi connectivity index (χ1n) is 11.6. The maximum atomic E-state index is 12.4. The van der Waals surface area contributed by atoms with Crippen molar-refractivity contribution in [2.75, 3.05) is 32.2 Å². The Kier molecular flexibility index (Phi) is 10.8. The van der Waals surface area contributed by atoms with Crippen molar-refractivity contribution in [3.8, 4) is 11.8 Å². The van der Waals surface area contributed by atoms with E-state index < -0.39 is 23.5 Å². The zero-order valence-corrected chi connectivity index (χ0v) is 21.8. The highest BCUT2D eigenvalue weighted by atomic mass is 35.5. The van der Waals surface area contributed by atoms with Gasteiger partial charge in [0.05, 0.1) is 17.2 Å². The van der Waals surface area contributed by atoms with Crippen molar-refractivity contribution in [3.05, 3.63) is 17.0 Å². The summed E-state index contributed by atoms with van der Waals surface area (Å²) in [6, 6.07) is 0. The van der Waals surface area contributed by atoms with Gasteiger partial charge >= 0.3 is 6.09 Å². The molecule has 34 heavy (non-hydrogen) atoms. The van der Waals surface area contributed by atoms with Crippen molar-refractivity contribution >= 4 is 23.5 Å². The molecule has 0 unspecified atom stereocenters. The predicted molar refractivity (Wildman–Crippen MR) is 131 cm³/mol. The Labute approximate surface area is 207 Å². The lowest BCUT2D eigenvalue weighted by molar-refractivity contribution is -0.0969. The first kappa shape index (κ1) is 28.1. The van der Waals surface area contributed by atoms with E-state index in [0.717, 1.165) is 25.7 Å². The minimum atomic E-state index is -0.654. The third kappa shape index (κ3) is 9.26. The summed E-state index contributed by atoms with van der Waals surface area (Å²) in [6.45, 7) is 10.5. The first-order chi connectivity index (χ1) is 16.1. The molecule has 0 bridgehead atoms. The summed E-state index contributed by atoms with van der Waals surface area (Å²) in [5.74, 6) is 6.51. The maximum Gasteiger partial charge on any atom is 0.407 e. The highest BCUT2D eigenvalue weighted by molar-refractivity contribution is 6.28. The normalized spacial score (nSPS) is 20.4. The number of hydrogen-bond acceptors (Lipinski definition) is 8. The SMILES string of the molecule is CCOC(C#Cc1cnc(Cl)nc1N[C@]1(CNC(=O)OC(C)(C)C)CC[C@H](OC)CC1)OCC. The molecular weight excluding hydrogens is 460 g/mol. The van der Waals surface area contributed by atoms with E-state index in [1.165, 1.54) is 0 Å². The quantitative estimate of drug-likeness (QED) is 0.298. The number of rotatable bonds is 9. The molecule has 190 valence electrons. The van der Waals surface area contributed by atoms with Crippen LogP contribution in [0.3, 0.4) is 0 Å². The molecule has 10 heteroatoms. The molecule has 0 spiro atoms. The van der Waals surface area contributed by atoms with Gasteiger partial charge < -0.3 is 29.6 Å². The molecule has 1 fully saturated rings. The summed E-state index contributed by atoms with van der Waals surface area (Å²) in [6.07, 6.45) is 3.76. The van der Waals surface area contributed by atoms with E-state index in [2.05, 4.69) is 32.4 Å². The number of alkyl carbamates (subject to hydrolysis) is 1. The fourth-order valence-corrected chi connectivity index (χ4v) is 3.78. The highest BCUT2D eigenvalue weighted by Gasteiger charge is 2.37. The van der Waals surface area contributed by atoms with Gasteiger partial charge in [-0.3, -0.25) is 0 Å². The van der Waals surface area contributed by atoms with Crippen molar-refractivity contribution in [2.24, 2.45) is 0 Å². The van der Waals surface area contributed by atoms with E-state index in [9.17, 15) is 4.79 Å². The van der Waals surface area contributed by atoms with Gasteiger partial charge in [0.1, 0.15) is 11.4 Å². The summed E-state index contributed by atoms with van der Waals surface area (Å²) in [7, 11) is 1.72. The van der Waals surface area contributed by atoms with E-state index in [1.807, 2.05) is 34.6 Å². The summed E-state index contributed by atoms with van der Waals surface area (Å²) < 4.78 is 22.0. The standard InChI is InChI=1S/C24H37ClN4O5/c1-7-32-19(33-8-2)10-9-17-15-26-21(25)28-20(17)29-24(13-11-18(31-6)12-14-24)16-27-22(30)34-23(3,4)5/h15,18-19H,7-8,11-14,16H2,1-6H3,(H,27,30)(H,26,28,29)/t18-,24+. The summed E-state index contributed by atoms with van der Waals surface area (Å²) in [5.41, 5.74) is -0.516. The molecular formula is C24H37ClN4O5. The number of methoxy groups -OCH3 is 1. The second kappa shape index (κ2) is 13.1. The number of nitrogens with zero attached hydrogens (tertiary/aromatic N) is 2. The number of anilines is 1. The van der Waals surface area contributed by atoms with Crippen LogP contribution >= 0.6 is 11.6 Å². The Hall–Kier alpha value is -2.12. The predicted octanol–water partition coefficient (Wildman–Crippen LogP) is 4.15. The molecule has 1 aliphatic carbocycles. The number of hydrogen-bond donors (Lipinski definition) is 2. The third-order valence-corrected chi connectivity index (χ3v) is 5.48. The molecule has 1 amide bonds. The van der Waals surface area contributed by atoms with E-state index in [0.29, 0.717) is 31.1 Å². The Morgan fingerprint density at radius 3 is 2.47 bits per heavy atom. The van der Waals surface area contributed by atoms with Gasteiger partial charge in [0.25, 0.3) is 0 Å². The van der Waals surface area contributed by atoms with Crippen LogP contribution in [-0.4, -0.2) is 66.5 Å². The zero-order valence-electron chi connectivity index (χ0n) is 21.0. The molecule has 9 nitrogen and oxygen atoms in total. The highest BCUT2D eigenvalue weighted by Crippen LogP contribution is 2.33. The minimum absolute atomic E-state index is 0.0973. The van der Waals surface area contributed by atoms with Crippen molar-refractivity contribution in [1.29, 1.82) is 0 Å². The topological polar surface area (TPSA) is 104 Å². The second-order valence-corrected chi connectivity index (χ2v) is 9.45. The van der Waals surface area contributed by atoms with Crippen LogP contribution in [0.5, 0.6) is 0 Å². The second-order valence-electron chi connectivity index (χ2n) is 9.11. The van der Waals surface area contributed by atoms with Crippen LogP contribution in [0.15, 0.2) is 6.20 Å². The van der Waals surface area contributed by atoms with Crippen molar-refractivity contribution in [3.63, 3.8) is 0 Å². The lowest BCUT2D eigenvalue weighted by Crippen LogP contribution is -2.52. The number of nitrogens with one attached hydrogen (secondary N) is 2. The summed E-state index contributed by atoms with van der Waals surface area (Å²) in [4.78, 5) is 20.8. The summed E-state index contributed by atoms with van der Waals surface area (Å²) in [5, 5.41) is 6.51. The van der Waals surface area contributed by atoms with Gasteiger partial charge in [0.2, 0.25) is 11.6 Å². The van der Waals surface area contributed by atoms with Crippen LogP contribution in [0.1, 0.15) is 65.9 Å². The van der Waals surface area contributed by atoms with Crippen LogP contribution in [0.25, 0.3) is 0 Å². The number of amides is 1. The Bertz CT molecular complexity index is 851. The molecule has 1 heterocycles. The minimum Gasteiger partial charge on any atom is -0.444 e. The van der Waals surface area contributed by atoms with Crippen LogP contribution in [-0.2, 0) is 18.9 Å². The van der Waals surface area contributed by atoms with Crippen LogP contribution in [0.4, 0.5) is 10.6 Å². The number of carbonyl (C=O) groups excluding carboxylic acids is 1. The maximum absolute atomic E-state index is 12.4. The average Bonchev–Trinajstić information content (AvgIpc) is 2.77. The van der Waals surface area contributed by atoms with E-state index in [1.54, 1.807) is 13.3 Å². The van der Waals surface area contributed by atoms with Crippen LogP contribution < -0.4 is 10.6 Å². The van der Waals surface area contributed by atoms with E-state index in [4.69, 9.17) is 30.5 Å². The Balaban J connectivity index is 2.28. The Morgan fingerprint density at radius 2 is 1.91 bits per heavy atom. The molecule has 1 aromatic heterocycles. The van der Waals surface area contributed by atoms with Crippen LogP contribution in [0, 0.1) is 11.8 Å². The van der Waals surface area contributed by atoms with Crippen LogP contribution in [0.2, 0.25) is 5.28 Å². The molecule has 1 aliphatic rings. The molecule has 2 N–H and O–H groups in total. The monoisotopic (exact) mass is 496 g/mol. The fraction of sp³-hybridized carbons (Fsp3) is 0.708. The van der Waals surface area contributed by atoms with Gasteiger partial charge in [-0.2, -0.15) is 4.98 Å². The number of halogens is 1. The molecule has 1 aromatic rings. The number of carbonyl (C=O) groups is 1. The van der Waals surface area contributed by atoms with E-state index >= 15 is 0 Å². The van der Waals surface area contributed by atoms with Crippen molar-refractivity contribution in [1.82, 2.24) is 15.3 Å². The summed E-state index contributed by atoms with van der Waals surface area (Å²) >= 11 is 6.12. The third-order valence-electron chi connectivity index (χ3n) is 5.30. The van der Waals surface area contributed by atoms with Gasteiger partial charge in [0.15, 0.2) is 0 Å². The average molecular weight is 497 g/mol. The molecule has 2 rings (SSSR count). The lowest BCUT2D eigenvalue weighted by atomic mass is 9.80. The molecule has 0 aliphatic heterocycles. The number of aromatic nitrogens is 2. The van der Waals surface area contributed by atoms with Gasteiger partial charge in [-0.25, -0.2) is 9.78 Å². The molecule has 0 radical (unpaired) electrons. The smallest absolute Gasteiger partial charge is 0.407 e. The molecule has 0 saturated heterocycles. The lowest BCUT2D eigenvalue weighted by Gasteiger charge is -2.41. The largest absolute Gasteiger partial charge is 0.444 e. The number of ether oxygens (including phenoxy) is 4.